The number of hydrogen-bond donors (Lipinski definition) is 2. The molecule has 0 bridgehead atoms. The van der Waals surface area contributed by atoms with Crippen molar-refractivity contribution in [3.05, 3.63) is 72.4 Å². The lowest BCUT2D eigenvalue weighted by molar-refractivity contribution is -0.0198. The zero-order valence-corrected chi connectivity index (χ0v) is 16.3. The molecule has 1 fully saturated rings. The minimum absolute atomic E-state index is 0.128. The van der Waals surface area contributed by atoms with Crippen molar-refractivity contribution < 1.29 is 4.74 Å². The molecule has 2 aliphatic heterocycles. The van der Waals surface area contributed by atoms with E-state index in [1.807, 2.05) is 12.2 Å². The molecular formula is C22H28N2OS. The molecule has 0 amide bonds. The monoisotopic (exact) mass is 368 g/mol. The van der Waals surface area contributed by atoms with Gasteiger partial charge >= 0.3 is 0 Å². The summed E-state index contributed by atoms with van der Waals surface area (Å²) in [7, 11) is 0. The summed E-state index contributed by atoms with van der Waals surface area (Å²) < 4.78 is 9.62. The van der Waals surface area contributed by atoms with Crippen LogP contribution in [0.15, 0.2) is 71.7 Å². The first-order valence-electron chi connectivity index (χ1n) is 9.33. The lowest BCUT2D eigenvalue weighted by Crippen LogP contribution is -2.44. The number of hydrogen-bond acceptors (Lipinski definition) is 4. The standard InChI is InChI=1S/C22H28N2OS/c1-3-5-6-7-19-17-25-22(12-14-23-15-13-22)16-21(19)18-8-10-20(11-9-18)26-24-4-2/h3,5-11,16,23-24H,1,4,12-15,17H2,2H3/b6-5-,19-7+. The van der Waals surface area contributed by atoms with Crippen LogP contribution in [0.4, 0.5) is 0 Å². The predicted molar refractivity (Wildman–Crippen MR) is 112 cm³/mol. The fraction of sp³-hybridized carbons (Fsp3) is 0.364. The Hall–Kier alpha value is -1.59. The first-order chi connectivity index (χ1) is 12.8. The maximum atomic E-state index is 6.32. The number of benzene rings is 1. The van der Waals surface area contributed by atoms with Crippen LogP contribution in [0.2, 0.25) is 0 Å². The van der Waals surface area contributed by atoms with Crippen molar-refractivity contribution in [2.24, 2.45) is 0 Å². The second-order valence-corrected chi connectivity index (χ2v) is 7.56. The SMILES string of the molecule is C=C/C=C\C=C1/COC2(C=C1c1ccc(SNCC)cc1)CCNCC2. The smallest absolute Gasteiger partial charge is 0.0900 e. The van der Waals surface area contributed by atoms with Crippen LogP contribution in [0, 0.1) is 0 Å². The summed E-state index contributed by atoms with van der Waals surface area (Å²) in [6, 6.07) is 8.81. The average Bonchev–Trinajstić information content (AvgIpc) is 2.69. The topological polar surface area (TPSA) is 33.3 Å². The van der Waals surface area contributed by atoms with E-state index in [9.17, 15) is 0 Å². The van der Waals surface area contributed by atoms with Gasteiger partial charge in [0.15, 0.2) is 0 Å². The van der Waals surface area contributed by atoms with Crippen molar-refractivity contribution in [3.8, 4) is 0 Å². The van der Waals surface area contributed by atoms with Gasteiger partial charge in [-0.25, -0.2) is 0 Å². The number of ether oxygens (including phenoxy) is 1. The van der Waals surface area contributed by atoms with Crippen LogP contribution < -0.4 is 10.0 Å². The van der Waals surface area contributed by atoms with E-state index in [0.29, 0.717) is 6.61 Å². The Morgan fingerprint density at radius 2 is 2.00 bits per heavy atom. The van der Waals surface area contributed by atoms with Crippen LogP contribution in [0.1, 0.15) is 25.3 Å². The Morgan fingerprint density at radius 1 is 1.23 bits per heavy atom. The molecule has 0 aliphatic carbocycles. The van der Waals surface area contributed by atoms with Crippen molar-refractivity contribution in [2.75, 3.05) is 26.2 Å². The van der Waals surface area contributed by atoms with Crippen LogP contribution in [-0.4, -0.2) is 31.8 Å². The molecule has 3 rings (SSSR count). The van der Waals surface area contributed by atoms with Crippen LogP contribution in [0.3, 0.4) is 0 Å². The van der Waals surface area contributed by atoms with Crippen molar-refractivity contribution in [3.63, 3.8) is 0 Å². The third-order valence-electron chi connectivity index (χ3n) is 4.76. The summed E-state index contributed by atoms with van der Waals surface area (Å²) in [5.41, 5.74) is 3.65. The normalized spacial score (nSPS) is 21.3. The molecule has 0 atom stereocenters. The number of piperidine rings is 1. The highest BCUT2D eigenvalue weighted by molar-refractivity contribution is 7.97. The van der Waals surface area contributed by atoms with Gasteiger partial charge in [-0.1, -0.05) is 49.9 Å². The fourth-order valence-electron chi connectivity index (χ4n) is 3.35. The molecule has 4 heteroatoms. The van der Waals surface area contributed by atoms with E-state index in [1.54, 1.807) is 18.0 Å². The van der Waals surface area contributed by atoms with E-state index in [0.717, 1.165) is 32.5 Å². The third-order valence-corrected chi connectivity index (χ3v) is 5.70. The maximum absolute atomic E-state index is 6.32. The minimum atomic E-state index is -0.128. The van der Waals surface area contributed by atoms with Gasteiger partial charge in [-0.2, -0.15) is 0 Å². The van der Waals surface area contributed by atoms with Gasteiger partial charge in [-0.3, -0.25) is 4.72 Å². The Balaban J connectivity index is 1.91. The zero-order chi connectivity index (χ0) is 18.2. The maximum Gasteiger partial charge on any atom is 0.0900 e. The summed E-state index contributed by atoms with van der Waals surface area (Å²) in [5, 5.41) is 3.44. The molecule has 0 radical (unpaired) electrons. The second kappa shape index (κ2) is 9.38. The predicted octanol–water partition coefficient (Wildman–Crippen LogP) is 4.51. The molecule has 1 aromatic rings. The number of rotatable bonds is 6. The molecule has 1 saturated heterocycles. The van der Waals surface area contributed by atoms with Gasteiger partial charge < -0.3 is 10.1 Å². The number of allylic oxidation sites excluding steroid dienone is 4. The van der Waals surface area contributed by atoms with Gasteiger partial charge in [0.05, 0.1) is 12.2 Å². The van der Waals surface area contributed by atoms with Gasteiger partial charge in [0, 0.05) is 11.4 Å². The highest BCUT2D eigenvalue weighted by Gasteiger charge is 2.35. The van der Waals surface area contributed by atoms with Crippen molar-refractivity contribution >= 4 is 17.5 Å². The minimum Gasteiger partial charge on any atom is -0.366 e. The van der Waals surface area contributed by atoms with Gasteiger partial charge in [0.2, 0.25) is 0 Å². The molecule has 26 heavy (non-hydrogen) atoms. The second-order valence-electron chi connectivity index (χ2n) is 6.60. The molecule has 1 aromatic carbocycles. The molecule has 0 unspecified atom stereocenters. The van der Waals surface area contributed by atoms with Crippen LogP contribution in [-0.2, 0) is 4.74 Å². The van der Waals surface area contributed by atoms with Gasteiger partial charge in [-0.15, -0.1) is 0 Å². The van der Waals surface area contributed by atoms with E-state index in [4.69, 9.17) is 4.74 Å². The first-order valence-corrected chi connectivity index (χ1v) is 10.1. The highest BCUT2D eigenvalue weighted by Crippen LogP contribution is 2.38. The van der Waals surface area contributed by atoms with Crippen LogP contribution in [0.25, 0.3) is 5.57 Å². The molecular weight excluding hydrogens is 340 g/mol. The van der Waals surface area contributed by atoms with Crippen LogP contribution >= 0.6 is 11.9 Å². The lowest BCUT2D eigenvalue weighted by atomic mass is 9.83. The fourth-order valence-corrected chi connectivity index (χ4v) is 3.93. The Morgan fingerprint density at radius 3 is 2.69 bits per heavy atom. The summed E-state index contributed by atoms with van der Waals surface area (Å²) in [6.07, 6.45) is 12.3. The summed E-state index contributed by atoms with van der Waals surface area (Å²) in [6.45, 7) is 9.49. The molecule has 3 nitrogen and oxygen atoms in total. The van der Waals surface area contributed by atoms with E-state index < -0.39 is 0 Å². The molecule has 1 spiro atoms. The molecule has 2 N–H and O–H groups in total. The Bertz CT molecular complexity index is 697. The van der Waals surface area contributed by atoms with Gasteiger partial charge in [0.25, 0.3) is 0 Å². The van der Waals surface area contributed by atoms with Crippen molar-refractivity contribution in [1.82, 2.24) is 10.0 Å². The van der Waals surface area contributed by atoms with E-state index in [1.165, 1.54) is 21.6 Å². The van der Waals surface area contributed by atoms with Gasteiger partial charge in [-0.05, 0) is 72.8 Å². The van der Waals surface area contributed by atoms with Crippen LogP contribution in [0.5, 0.6) is 0 Å². The van der Waals surface area contributed by atoms with Crippen molar-refractivity contribution in [2.45, 2.75) is 30.3 Å². The van der Waals surface area contributed by atoms with E-state index in [2.05, 4.69) is 60.0 Å². The summed E-state index contributed by atoms with van der Waals surface area (Å²) in [5.74, 6) is 0. The molecule has 0 aromatic heterocycles. The van der Waals surface area contributed by atoms with Crippen molar-refractivity contribution in [1.29, 1.82) is 0 Å². The summed E-state index contributed by atoms with van der Waals surface area (Å²) in [4.78, 5) is 1.23. The summed E-state index contributed by atoms with van der Waals surface area (Å²) >= 11 is 1.68. The molecule has 138 valence electrons. The highest BCUT2D eigenvalue weighted by atomic mass is 32.2. The first kappa shape index (κ1) is 19.2. The molecule has 2 heterocycles. The van der Waals surface area contributed by atoms with E-state index in [-0.39, 0.29) is 5.60 Å². The zero-order valence-electron chi connectivity index (χ0n) is 15.5. The van der Waals surface area contributed by atoms with Gasteiger partial charge in [0.1, 0.15) is 0 Å². The quantitative estimate of drug-likeness (QED) is 0.572. The Labute approximate surface area is 161 Å². The van der Waals surface area contributed by atoms with E-state index >= 15 is 0 Å². The lowest BCUT2D eigenvalue weighted by Gasteiger charge is -2.39. The molecule has 0 saturated carbocycles. The third kappa shape index (κ3) is 4.77. The average molecular weight is 369 g/mol. The number of nitrogens with one attached hydrogen (secondary N) is 2. The molecule has 2 aliphatic rings. The largest absolute Gasteiger partial charge is 0.366 e. The Kier molecular flexibility index (Phi) is 6.92.